The summed E-state index contributed by atoms with van der Waals surface area (Å²) >= 11 is 6.86. The van der Waals surface area contributed by atoms with E-state index < -0.39 is 6.10 Å². The molecule has 1 N–H and O–H groups in total. The Labute approximate surface area is 129 Å². The average Bonchev–Trinajstić information content (AvgIpc) is 2.38. The zero-order valence-electron chi connectivity index (χ0n) is 10.4. The van der Waals surface area contributed by atoms with Crippen molar-refractivity contribution in [3.05, 3.63) is 62.5 Å². The van der Waals surface area contributed by atoms with Gasteiger partial charge in [-0.2, -0.15) is 0 Å². The molecule has 0 heterocycles. The highest BCUT2D eigenvalue weighted by Crippen LogP contribution is 2.29. The zero-order valence-corrected chi connectivity index (χ0v) is 13.6. The van der Waals surface area contributed by atoms with Crippen molar-refractivity contribution >= 4 is 31.9 Å². The van der Waals surface area contributed by atoms with E-state index in [1.165, 1.54) is 0 Å². The molecular formula is C15H14Br2O2. The summed E-state index contributed by atoms with van der Waals surface area (Å²) in [6.07, 6.45) is 0.0505. The molecule has 0 aliphatic heterocycles. The van der Waals surface area contributed by atoms with Gasteiger partial charge >= 0.3 is 0 Å². The van der Waals surface area contributed by atoms with E-state index in [4.69, 9.17) is 4.74 Å². The molecule has 1 unspecified atom stereocenters. The molecule has 4 heteroatoms. The van der Waals surface area contributed by atoms with Gasteiger partial charge in [0.1, 0.15) is 5.75 Å². The topological polar surface area (TPSA) is 29.5 Å². The molecule has 0 spiro atoms. The third-order valence-electron chi connectivity index (χ3n) is 2.88. The highest BCUT2D eigenvalue weighted by Gasteiger charge is 2.11. The van der Waals surface area contributed by atoms with E-state index in [1.807, 2.05) is 42.5 Å². The smallest absolute Gasteiger partial charge is 0.133 e. The Bertz CT molecular complexity index is 570. The highest BCUT2D eigenvalue weighted by molar-refractivity contribution is 9.10. The summed E-state index contributed by atoms with van der Waals surface area (Å²) < 4.78 is 7.05. The SMILES string of the molecule is COc1ccc(C(O)Cc2cccc(Br)c2)cc1Br. The minimum absolute atomic E-state index is 0.531. The molecule has 0 aliphatic carbocycles. The van der Waals surface area contributed by atoms with Crippen LogP contribution in [0, 0.1) is 0 Å². The molecular weight excluding hydrogens is 372 g/mol. The predicted molar refractivity (Wildman–Crippen MR) is 83.5 cm³/mol. The lowest BCUT2D eigenvalue weighted by molar-refractivity contribution is 0.178. The van der Waals surface area contributed by atoms with Crippen molar-refractivity contribution in [2.24, 2.45) is 0 Å². The van der Waals surface area contributed by atoms with E-state index in [0.29, 0.717) is 6.42 Å². The third-order valence-corrected chi connectivity index (χ3v) is 3.99. The molecule has 100 valence electrons. The normalized spacial score (nSPS) is 12.2. The Kier molecular flexibility index (Phi) is 5.02. The van der Waals surface area contributed by atoms with Gasteiger partial charge in [0, 0.05) is 10.9 Å². The summed E-state index contributed by atoms with van der Waals surface area (Å²) in [7, 11) is 1.62. The van der Waals surface area contributed by atoms with Crippen LogP contribution >= 0.6 is 31.9 Å². The summed E-state index contributed by atoms with van der Waals surface area (Å²) in [5.74, 6) is 0.762. The van der Waals surface area contributed by atoms with Crippen LogP contribution in [-0.4, -0.2) is 12.2 Å². The van der Waals surface area contributed by atoms with Crippen LogP contribution in [0.1, 0.15) is 17.2 Å². The van der Waals surface area contributed by atoms with Gasteiger partial charge in [-0.15, -0.1) is 0 Å². The van der Waals surface area contributed by atoms with Gasteiger partial charge in [-0.3, -0.25) is 0 Å². The van der Waals surface area contributed by atoms with Gasteiger partial charge in [0.2, 0.25) is 0 Å². The Morgan fingerprint density at radius 2 is 1.95 bits per heavy atom. The van der Waals surface area contributed by atoms with E-state index in [9.17, 15) is 5.11 Å². The minimum atomic E-state index is -0.531. The maximum Gasteiger partial charge on any atom is 0.133 e. The number of methoxy groups -OCH3 is 1. The van der Waals surface area contributed by atoms with Crippen LogP contribution in [-0.2, 0) is 6.42 Å². The van der Waals surface area contributed by atoms with E-state index in [1.54, 1.807) is 7.11 Å². The van der Waals surface area contributed by atoms with Crippen molar-refractivity contribution in [2.75, 3.05) is 7.11 Å². The molecule has 0 fully saturated rings. The van der Waals surface area contributed by atoms with Crippen molar-refractivity contribution < 1.29 is 9.84 Å². The number of hydrogen-bond donors (Lipinski definition) is 1. The van der Waals surface area contributed by atoms with Crippen LogP contribution in [0.3, 0.4) is 0 Å². The van der Waals surface area contributed by atoms with Crippen molar-refractivity contribution in [1.29, 1.82) is 0 Å². The Morgan fingerprint density at radius 1 is 1.16 bits per heavy atom. The summed E-state index contributed by atoms with van der Waals surface area (Å²) in [5, 5.41) is 10.3. The second kappa shape index (κ2) is 6.55. The Morgan fingerprint density at radius 3 is 2.58 bits per heavy atom. The zero-order chi connectivity index (χ0) is 13.8. The molecule has 2 nitrogen and oxygen atoms in total. The fourth-order valence-corrected chi connectivity index (χ4v) is 2.90. The number of halogens is 2. The van der Waals surface area contributed by atoms with E-state index in [-0.39, 0.29) is 0 Å². The Hall–Kier alpha value is -0.840. The molecule has 2 aromatic rings. The van der Waals surface area contributed by atoms with Gasteiger partial charge in [0.25, 0.3) is 0 Å². The standard InChI is InChI=1S/C15H14Br2O2/c1-19-15-6-5-11(9-13(15)17)14(18)8-10-3-2-4-12(16)7-10/h2-7,9,14,18H,8H2,1H3. The van der Waals surface area contributed by atoms with Crippen molar-refractivity contribution in [1.82, 2.24) is 0 Å². The number of ether oxygens (including phenoxy) is 1. The fraction of sp³-hybridized carbons (Fsp3) is 0.200. The van der Waals surface area contributed by atoms with E-state index >= 15 is 0 Å². The summed E-state index contributed by atoms with van der Waals surface area (Å²) in [4.78, 5) is 0. The quantitative estimate of drug-likeness (QED) is 0.839. The van der Waals surface area contributed by atoms with Crippen LogP contribution in [0.25, 0.3) is 0 Å². The van der Waals surface area contributed by atoms with E-state index in [2.05, 4.69) is 31.9 Å². The van der Waals surface area contributed by atoms with Gasteiger partial charge in [-0.25, -0.2) is 0 Å². The van der Waals surface area contributed by atoms with Gasteiger partial charge in [0.05, 0.1) is 17.7 Å². The number of aliphatic hydroxyl groups excluding tert-OH is 1. The first-order chi connectivity index (χ1) is 9.10. The summed E-state index contributed by atoms with van der Waals surface area (Å²) in [6.45, 7) is 0. The number of hydrogen-bond acceptors (Lipinski definition) is 2. The summed E-state index contributed by atoms with van der Waals surface area (Å²) in [6, 6.07) is 13.6. The lowest BCUT2D eigenvalue weighted by atomic mass is 10.0. The second-order valence-corrected chi connectivity index (χ2v) is 6.01. The lowest BCUT2D eigenvalue weighted by Gasteiger charge is -2.13. The first-order valence-corrected chi connectivity index (χ1v) is 7.44. The van der Waals surface area contributed by atoms with Gasteiger partial charge in [-0.05, 0) is 51.3 Å². The molecule has 2 aromatic carbocycles. The molecule has 0 aromatic heterocycles. The van der Waals surface area contributed by atoms with Gasteiger partial charge in [0.15, 0.2) is 0 Å². The van der Waals surface area contributed by atoms with Crippen molar-refractivity contribution in [3.8, 4) is 5.75 Å². The molecule has 0 saturated carbocycles. The number of aliphatic hydroxyl groups is 1. The lowest BCUT2D eigenvalue weighted by Crippen LogP contribution is -2.02. The molecule has 0 amide bonds. The molecule has 0 radical (unpaired) electrons. The molecule has 2 rings (SSSR count). The first kappa shape index (κ1) is 14.6. The Balaban J connectivity index is 2.15. The van der Waals surface area contributed by atoms with Crippen molar-refractivity contribution in [2.45, 2.75) is 12.5 Å². The van der Waals surface area contributed by atoms with Gasteiger partial charge in [-0.1, -0.05) is 34.1 Å². The molecule has 19 heavy (non-hydrogen) atoms. The maximum atomic E-state index is 10.3. The largest absolute Gasteiger partial charge is 0.496 e. The van der Waals surface area contributed by atoms with Crippen LogP contribution in [0.4, 0.5) is 0 Å². The predicted octanol–water partition coefficient (Wildman–Crippen LogP) is 4.50. The minimum Gasteiger partial charge on any atom is -0.496 e. The first-order valence-electron chi connectivity index (χ1n) is 5.86. The second-order valence-electron chi connectivity index (χ2n) is 4.24. The van der Waals surface area contributed by atoms with Crippen molar-refractivity contribution in [3.63, 3.8) is 0 Å². The van der Waals surface area contributed by atoms with Crippen LogP contribution in [0.15, 0.2) is 51.4 Å². The highest BCUT2D eigenvalue weighted by atomic mass is 79.9. The monoisotopic (exact) mass is 384 g/mol. The van der Waals surface area contributed by atoms with E-state index in [0.717, 1.165) is 25.8 Å². The third kappa shape index (κ3) is 3.81. The molecule has 0 saturated heterocycles. The maximum absolute atomic E-state index is 10.3. The van der Waals surface area contributed by atoms with Gasteiger partial charge < -0.3 is 9.84 Å². The average molecular weight is 386 g/mol. The molecule has 0 bridgehead atoms. The number of benzene rings is 2. The molecule has 1 atom stereocenters. The van der Waals surface area contributed by atoms with Crippen LogP contribution in [0.2, 0.25) is 0 Å². The van der Waals surface area contributed by atoms with Crippen LogP contribution in [0.5, 0.6) is 5.75 Å². The fourth-order valence-electron chi connectivity index (χ4n) is 1.89. The molecule has 0 aliphatic rings. The summed E-state index contributed by atoms with van der Waals surface area (Å²) in [5.41, 5.74) is 1.96. The van der Waals surface area contributed by atoms with Crippen LogP contribution < -0.4 is 4.74 Å². The number of rotatable bonds is 4.